The predicted molar refractivity (Wildman–Crippen MR) is 83.2 cm³/mol. The van der Waals surface area contributed by atoms with Gasteiger partial charge in [-0.3, -0.25) is 4.79 Å². The number of ether oxygens (including phenoxy) is 2. The summed E-state index contributed by atoms with van der Waals surface area (Å²) in [5.41, 5.74) is 0.502. The second kappa shape index (κ2) is 7.99. The lowest BCUT2D eigenvalue weighted by Crippen LogP contribution is -2.29. The molecular formula is C15H19Cl2NO3. The highest BCUT2D eigenvalue weighted by Crippen LogP contribution is 2.25. The number of methoxy groups -OCH3 is 1. The van der Waals surface area contributed by atoms with Crippen LogP contribution in [-0.4, -0.2) is 50.8 Å². The minimum atomic E-state index is -0.0453. The molecule has 1 amide bonds. The van der Waals surface area contributed by atoms with E-state index < -0.39 is 0 Å². The highest BCUT2D eigenvalue weighted by molar-refractivity contribution is 6.36. The molecule has 1 aromatic rings. The third kappa shape index (κ3) is 4.58. The van der Waals surface area contributed by atoms with Gasteiger partial charge in [-0.1, -0.05) is 23.2 Å². The van der Waals surface area contributed by atoms with Gasteiger partial charge in [0.15, 0.2) is 0 Å². The van der Waals surface area contributed by atoms with Crippen molar-refractivity contribution in [1.82, 2.24) is 4.90 Å². The minimum absolute atomic E-state index is 0.0453. The number of carbonyl (C=O) groups excluding carboxylic acids is 1. The SMILES string of the molecule is COCCOCC1CCN(C(=O)c2ccc(Cl)cc2Cl)C1. The lowest BCUT2D eigenvalue weighted by Gasteiger charge is -2.17. The van der Waals surface area contributed by atoms with Crippen molar-refractivity contribution in [2.75, 3.05) is 40.0 Å². The number of nitrogens with zero attached hydrogens (tertiary/aromatic N) is 1. The third-order valence-electron chi connectivity index (χ3n) is 3.52. The van der Waals surface area contributed by atoms with Crippen molar-refractivity contribution >= 4 is 29.1 Å². The molecule has 1 unspecified atom stereocenters. The Labute approximate surface area is 134 Å². The maximum absolute atomic E-state index is 12.4. The molecule has 0 aromatic heterocycles. The number of benzene rings is 1. The van der Waals surface area contributed by atoms with Crippen LogP contribution in [0.25, 0.3) is 0 Å². The molecule has 0 spiro atoms. The first-order chi connectivity index (χ1) is 10.1. The molecule has 2 rings (SSSR count). The van der Waals surface area contributed by atoms with Crippen LogP contribution in [0.2, 0.25) is 10.0 Å². The molecule has 1 aliphatic heterocycles. The number of likely N-dealkylation sites (tertiary alicyclic amines) is 1. The van der Waals surface area contributed by atoms with Gasteiger partial charge in [-0.25, -0.2) is 0 Å². The van der Waals surface area contributed by atoms with E-state index in [1.54, 1.807) is 25.3 Å². The van der Waals surface area contributed by atoms with Crippen LogP contribution in [0.3, 0.4) is 0 Å². The van der Waals surface area contributed by atoms with Crippen molar-refractivity contribution in [1.29, 1.82) is 0 Å². The quantitative estimate of drug-likeness (QED) is 0.752. The number of amides is 1. The zero-order chi connectivity index (χ0) is 15.2. The lowest BCUT2D eigenvalue weighted by molar-refractivity contribution is 0.0515. The fourth-order valence-corrected chi connectivity index (χ4v) is 2.87. The molecule has 1 aromatic carbocycles. The first-order valence-corrected chi connectivity index (χ1v) is 7.68. The van der Waals surface area contributed by atoms with E-state index >= 15 is 0 Å². The fourth-order valence-electron chi connectivity index (χ4n) is 2.38. The van der Waals surface area contributed by atoms with Crippen LogP contribution >= 0.6 is 23.2 Å². The third-order valence-corrected chi connectivity index (χ3v) is 4.07. The van der Waals surface area contributed by atoms with Gasteiger partial charge in [0.05, 0.1) is 30.4 Å². The maximum atomic E-state index is 12.4. The zero-order valence-corrected chi connectivity index (χ0v) is 13.5. The van der Waals surface area contributed by atoms with E-state index in [0.29, 0.717) is 47.9 Å². The Kier molecular flexibility index (Phi) is 6.30. The average Bonchev–Trinajstić information content (AvgIpc) is 2.92. The number of hydrogen-bond donors (Lipinski definition) is 0. The molecule has 21 heavy (non-hydrogen) atoms. The van der Waals surface area contributed by atoms with E-state index in [1.807, 2.05) is 4.90 Å². The highest BCUT2D eigenvalue weighted by Gasteiger charge is 2.28. The van der Waals surface area contributed by atoms with Gasteiger partial charge in [0, 0.05) is 31.1 Å². The summed E-state index contributed by atoms with van der Waals surface area (Å²) in [4.78, 5) is 14.3. The lowest BCUT2D eigenvalue weighted by atomic mass is 10.1. The van der Waals surface area contributed by atoms with Crippen LogP contribution in [0.15, 0.2) is 18.2 Å². The zero-order valence-electron chi connectivity index (χ0n) is 12.0. The molecule has 116 valence electrons. The van der Waals surface area contributed by atoms with Crippen LogP contribution < -0.4 is 0 Å². The first kappa shape index (κ1) is 16.6. The molecule has 1 aliphatic rings. The monoisotopic (exact) mass is 331 g/mol. The van der Waals surface area contributed by atoms with E-state index in [4.69, 9.17) is 32.7 Å². The van der Waals surface area contributed by atoms with Gasteiger partial charge in [-0.05, 0) is 24.6 Å². The Balaban J connectivity index is 1.87. The molecule has 0 aliphatic carbocycles. The Hall–Kier alpha value is -0.810. The normalized spacial score (nSPS) is 18.2. The topological polar surface area (TPSA) is 38.8 Å². The summed E-state index contributed by atoms with van der Waals surface area (Å²) in [6.45, 7) is 3.27. The Morgan fingerprint density at radius 3 is 2.90 bits per heavy atom. The summed E-state index contributed by atoms with van der Waals surface area (Å²) < 4.78 is 10.5. The smallest absolute Gasteiger partial charge is 0.255 e. The Bertz CT molecular complexity index is 496. The van der Waals surface area contributed by atoms with Gasteiger partial charge in [0.2, 0.25) is 0 Å². The number of rotatable bonds is 6. The number of hydrogen-bond acceptors (Lipinski definition) is 3. The summed E-state index contributed by atoms with van der Waals surface area (Å²) in [5.74, 6) is 0.327. The van der Waals surface area contributed by atoms with Crippen LogP contribution in [0, 0.1) is 5.92 Å². The van der Waals surface area contributed by atoms with E-state index in [2.05, 4.69) is 0 Å². The second-order valence-electron chi connectivity index (χ2n) is 5.10. The van der Waals surface area contributed by atoms with Gasteiger partial charge in [-0.15, -0.1) is 0 Å². The van der Waals surface area contributed by atoms with E-state index in [0.717, 1.165) is 13.0 Å². The summed E-state index contributed by atoms with van der Waals surface area (Å²) in [6.07, 6.45) is 0.948. The molecule has 0 bridgehead atoms. The summed E-state index contributed by atoms with van der Waals surface area (Å²) in [7, 11) is 1.65. The number of halogens is 2. The molecule has 1 fully saturated rings. The van der Waals surface area contributed by atoms with Crippen molar-refractivity contribution in [2.24, 2.45) is 5.92 Å². The van der Waals surface area contributed by atoms with Crippen LogP contribution in [0.5, 0.6) is 0 Å². The molecule has 4 nitrogen and oxygen atoms in total. The van der Waals surface area contributed by atoms with Gasteiger partial charge < -0.3 is 14.4 Å². The maximum Gasteiger partial charge on any atom is 0.255 e. The van der Waals surface area contributed by atoms with Crippen molar-refractivity contribution in [3.05, 3.63) is 33.8 Å². The largest absolute Gasteiger partial charge is 0.382 e. The minimum Gasteiger partial charge on any atom is -0.382 e. The Morgan fingerprint density at radius 2 is 2.19 bits per heavy atom. The molecular weight excluding hydrogens is 313 g/mol. The fraction of sp³-hybridized carbons (Fsp3) is 0.533. The Morgan fingerprint density at radius 1 is 1.38 bits per heavy atom. The van der Waals surface area contributed by atoms with Crippen molar-refractivity contribution in [3.8, 4) is 0 Å². The van der Waals surface area contributed by atoms with Crippen LogP contribution in [0.1, 0.15) is 16.8 Å². The summed E-state index contributed by atoms with van der Waals surface area (Å²) in [6, 6.07) is 4.95. The highest BCUT2D eigenvalue weighted by atomic mass is 35.5. The summed E-state index contributed by atoms with van der Waals surface area (Å²) in [5, 5.41) is 0.926. The first-order valence-electron chi connectivity index (χ1n) is 6.93. The number of carbonyl (C=O) groups is 1. The van der Waals surface area contributed by atoms with E-state index in [1.165, 1.54) is 0 Å². The molecule has 6 heteroatoms. The molecule has 1 atom stereocenters. The van der Waals surface area contributed by atoms with Gasteiger partial charge in [-0.2, -0.15) is 0 Å². The molecule has 0 radical (unpaired) electrons. The molecule has 1 saturated heterocycles. The van der Waals surface area contributed by atoms with E-state index in [9.17, 15) is 4.79 Å². The summed E-state index contributed by atoms with van der Waals surface area (Å²) >= 11 is 11.9. The van der Waals surface area contributed by atoms with Gasteiger partial charge in [0.1, 0.15) is 0 Å². The van der Waals surface area contributed by atoms with Gasteiger partial charge >= 0.3 is 0 Å². The van der Waals surface area contributed by atoms with Gasteiger partial charge in [0.25, 0.3) is 5.91 Å². The van der Waals surface area contributed by atoms with Crippen LogP contribution in [0.4, 0.5) is 0 Å². The average molecular weight is 332 g/mol. The van der Waals surface area contributed by atoms with Crippen LogP contribution in [-0.2, 0) is 9.47 Å². The molecule has 0 N–H and O–H groups in total. The van der Waals surface area contributed by atoms with Crippen molar-refractivity contribution in [3.63, 3.8) is 0 Å². The second-order valence-corrected chi connectivity index (χ2v) is 5.94. The molecule has 0 saturated carbocycles. The van der Waals surface area contributed by atoms with E-state index in [-0.39, 0.29) is 5.91 Å². The predicted octanol–water partition coefficient (Wildman–Crippen LogP) is 3.12. The van der Waals surface area contributed by atoms with Crippen molar-refractivity contribution in [2.45, 2.75) is 6.42 Å². The standard InChI is InChI=1S/C15H19Cl2NO3/c1-20-6-7-21-10-11-4-5-18(9-11)15(19)13-3-2-12(16)8-14(13)17/h2-3,8,11H,4-7,9-10H2,1H3. The van der Waals surface area contributed by atoms with Crippen molar-refractivity contribution < 1.29 is 14.3 Å². The molecule has 1 heterocycles.